The van der Waals surface area contributed by atoms with Gasteiger partial charge in [-0.05, 0) is 35.9 Å². The molecule has 100 valence electrons. The van der Waals surface area contributed by atoms with E-state index in [1.165, 1.54) is 0 Å². The van der Waals surface area contributed by atoms with E-state index in [9.17, 15) is 5.11 Å². The molecule has 0 fully saturated rings. The summed E-state index contributed by atoms with van der Waals surface area (Å²) in [6, 6.07) is 13.2. The Morgan fingerprint density at radius 3 is 2.58 bits per heavy atom. The number of nitrogens with one attached hydrogen (secondary N) is 1. The summed E-state index contributed by atoms with van der Waals surface area (Å²) in [6.45, 7) is -0.00720. The third-order valence-electron chi connectivity index (χ3n) is 2.69. The molecule has 2 aromatic carbocycles. The van der Waals surface area contributed by atoms with Gasteiger partial charge in [0.05, 0.1) is 12.6 Å². The van der Waals surface area contributed by atoms with Crippen molar-refractivity contribution in [2.75, 3.05) is 11.9 Å². The average molecular weight is 406 g/mol. The number of aliphatic hydroxyl groups excluding tert-OH is 1. The minimum absolute atomic E-state index is 0.00720. The molecule has 0 aromatic heterocycles. The average Bonchev–Trinajstić information content (AvgIpc) is 2.37. The second-order valence-electron chi connectivity index (χ2n) is 4.06. The minimum atomic E-state index is -0.194. The third-order valence-corrected chi connectivity index (χ3v) is 4.10. The fourth-order valence-corrected chi connectivity index (χ4v) is 3.14. The summed E-state index contributed by atoms with van der Waals surface area (Å²) in [5.41, 5.74) is 1.90. The minimum Gasteiger partial charge on any atom is -0.394 e. The van der Waals surface area contributed by atoms with Gasteiger partial charge in [0.1, 0.15) is 0 Å². The number of hydrogen-bond acceptors (Lipinski definition) is 2. The van der Waals surface area contributed by atoms with Gasteiger partial charge in [-0.15, -0.1) is 0 Å². The molecule has 2 aromatic rings. The Morgan fingerprint density at radius 1 is 1.16 bits per heavy atom. The quantitative estimate of drug-likeness (QED) is 0.749. The summed E-state index contributed by atoms with van der Waals surface area (Å²) in [5.74, 6) is 0. The van der Waals surface area contributed by atoms with Crippen molar-refractivity contribution in [1.29, 1.82) is 0 Å². The molecule has 0 saturated heterocycles. The van der Waals surface area contributed by atoms with Gasteiger partial charge in [-0.3, -0.25) is 0 Å². The molecule has 0 aliphatic rings. The highest BCUT2D eigenvalue weighted by atomic mass is 79.9. The molecule has 0 spiro atoms. The second kappa shape index (κ2) is 6.75. The smallest absolute Gasteiger partial charge is 0.0755 e. The van der Waals surface area contributed by atoms with Crippen LogP contribution >= 0.6 is 43.5 Å². The summed E-state index contributed by atoms with van der Waals surface area (Å²) in [7, 11) is 0. The summed E-state index contributed by atoms with van der Waals surface area (Å²) in [6.07, 6.45) is 0. The Kier molecular flexibility index (Phi) is 5.28. The number of benzene rings is 2. The van der Waals surface area contributed by atoms with Crippen molar-refractivity contribution in [3.63, 3.8) is 0 Å². The van der Waals surface area contributed by atoms with Crippen molar-refractivity contribution in [2.24, 2.45) is 0 Å². The lowest BCUT2D eigenvalue weighted by atomic mass is 10.1. The lowest BCUT2D eigenvalue weighted by Crippen LogP contribution is -2.15. The van der Waals surface area contributed by atoms with Gasteiger partial charge in [0.15, 0.2) is 0 Å². The van der Waals surface area contributed by atoms with E-state index in [0.29, 0.717) is 5.02 Å². The van der Waals surface area contributed by atoms with Crippen LogP contribution in [0.5, 0.6) is 0 Å². The lowest BCUT2D eigenvalue weighted by molar-refractivity contribution is 0.276. The number of anilines is 1. The van der Waals surface area contributed by atoms with Crippen LogP contribution in [-0.4, -0.2) is 11.7 Å². The molecule has 0 saturated carbocycles. The Labute approximate surface area is 134 Å². The van der Waals surface area contributed by atoms with Crippen LogP contribution < -0.4 is 5.32 Å². The standard InChI is InChI=1S/C14H12Br2ClNO/c15-9-2-1-3-11(6-9)18-14(8-19)12-5-4-10(17)7-13(12)16/h1-7,14,18-19H,8H2. The molecular weight excluding hydrogens is 393 g/mol. The fourth-order valence-electron chi connectivity index (χ4n) is 1.79. The molecule has 0 amide bonds. The van der Waals surface area contributed by atoms with Gasteiger partial charge < -0.3 is 10.4 Å². The van der Waals surface area contributed by atoms with Crippen molar-refractivity contribution >= 4 is 49.1 Å². The van der Waals surface area contributed by atoms with E-state index in [1.807, 2.05) is 42.5 Å². The lowest BCUT2D eigenvalue weighted by Gasteiger charge is -2.19. The monoisotopic (exact) mass is 403 g/mol. The molecule has 2 rings (SSSR count). The van der Waals surface area contributed by atoms with Gasteiger partial charge in [0.2, 0.25) is 0 Å². The van der Waals surface area contributed by atoms with Crippen LogP contribution in [0.4, 0.5) is 5.69 Å². The summed E-state index contributed by atoms with van der Waals surface area (Å²) < 4.78 is 1.87. The summed E-state index contributed by atoms with van der Waals surface area (Å²) in [5, 5.41) is 13.5. The SMILES string of the molecule is OCC(Nc1cccc(Br)c1)c1ccc(Cl)cc1Br. The van der Waals surface area contributed by atoms with Crippen molar-refractivity contribution in [3.8, 4) is 0 Å². The van der Waals surface area contributed by atoms with Crippen LogP contribution in [0.15, 0.2) is 51.4 Å². The predicted octanol–water partition coefficient (Wildman–Crippen LogP) is 5.01. The van der Waals surface area contributed by atoms with Crippen LogP contribution in [-0.2, 0) is 0 Å². The molecule has 0 aliphatic heterocycles. The highest BCUT2D eigenvalue weighted by Crippen LogP contribution is 2.29. The van der Waals surface area contributed by atoms with Gasteiger partial charge in [-0.1, -0.05) is 55.6 Å². The fraction of sp³-hybridized carbons (Fsp3) is 0.143. The zero-order chi connectivity index (χ0) is 13.8. The first-order valence-electron chi connectivity index (χ1n) is 5.68. The molecule has 5 heteroatoms. The first-order valence-corrected chi connectivity index (χ1v) is 7.64. The third kappa shape index (κ3) is 3.96. The van der Waals surface area contributed by atoms with Crippen molar-refractivity contribution < 1.29 is 5.11 Å². The largest absolute Gasteiger partial charge is 0.394 e. The van der Waals surface area contributed by atoms with E-state index in [4.69, 9.17) is 11.6 Å². The van der Waals surface area contributed by atoms with E-state index >= 15 is 0 Å². The second-order valence-corrected chi connectivity index (χ2v) is 6.26. The maximum Gasteiger partial charge on any atom is 0.0755 e. The highest BCUT2D eigenvalue weighted by molar-refractivity contribution is 9.10. The molecule has 2 N–H and O–H groups in total. The Hall–Kier alpha value is -0.550. The van der Waals surface area contributed by atoms with E-state index in [-0.39, 0.29) is 12.6 Å². The number of aliphatic hydroxyl groups is 1. The van der Waals surface area contributed by atoms with Gasteiger partial charge >= 0.3 is 0 Å². The Balaban J connectivity index is 2.25. The first-order chi connectivity index (χ1) is 9.10. The van der Waals surface area contributed by atoms with Gasteiger partial charge in [-0.2, -0.15) is 0 Å². The van der Waals surface area contributed by atoms with Crippen molar-refractivity contribution in [3.05, 3.63) is 62.0 Å². The van der Waals surface area contributed by atoms with Crippen molar-refractivity contribution in [2.45, 2.75) is 6.04 Å². The molecule has 0 bridgehead atoms. The molecule has 2 nitrogen and oxygen atoms in total. The van der Waals surface area contributed by atoms with Crippen LogP contribution in [0, 0.1) is 0 Å². The predicted molar refractivity (Wildman–Crippen MR) is 86.7 cm³/mol. The van der Waals surface area contributed by atoms with E-state index < -0.39 is 0 Å². The van der Waals surface area contributed by atoms with Crippen LogP contribution in [0.25, 0.3) is 0 Å². The molecule has 1 atom stereocenters. The molecular formula is C14H12Br2ClNO. The van der Waals surface area contributed by atoms with Gasteiger partial charge in [-0.25, -0.2) is 0 Å². The zero-order valence-electron chi connectivity index (χ0n) is 9.91. The number of rotatable bonds is 4. The number of halogens is 3. The maximum atomic E-state index is 9.58. The maximum absolute atomic E-state index is 9.58. The van der Waals surface area contributed by atoms with E-state index in [2.05, 4.69) is 37.2 Å². The molecule has 19 heavy (non-hydrogen) atoms. The van der Waals surface area contributed by atoms with E-state index in [0.717, 1.165) is 20.2 Å². The summed E-state index contributed by atoms with van der Waals surface area (Å²) >= 11 is 12.8. The van der Waals surface area contributed by atoms with Gasteiger partial charge in [0.25, 0.3) is 0 Å². The first kappa shape index (κ1) is 14.9. The van der Waals surface area contributed by atoms with Crippen molar-refractivity contribution in [1.82, 2.24) is 0 Å². The van der Waals surface area contributed by atoms with Crippen LogP contribution in [0.1, 0.15) is 11.6 Å². The van der Waals surface area contributed by atoms with Gasteiger partial charge in [0, 0.05) is 19.7 Å². The topological polar surface area (TPSA) is 32.3 Å². The zero-order valence-corrected chi connectivity index (χ0v) is 13.8. The molecule has 0 heterocycles. The Morgan fingerprint density at radius 2 is 1.95 bits per heavy atom. The highest BCUT2D eigenvalue weighted by Gasteiger charge is 2.13. The van der Waals surface area contributed by atoms with Crippen LogP contribution in [0.2, 0.25) is 5.02 Å². The van der Waals surface area contributed by atoms with Crippen LogP contribution in [0.3, 0.4) is 0 Å². The molecule has 0 radical (unpaired) electrons. The number of hydrogen-bond donors (Lipinski definition) is 2. The summed E-state index contributed by atoms with van der Waals surface area (Å²) in [4.78, 5) is 0. The van der Waals surface area contributed by atoms with E-state index in [1.54, 1.807) is 0 Å². The normalized spacial score (nSPS) is 12.2. The Bertz CT molecular complexity index is 577. The molecule has 1 unspecified atom stereocenters. The molecule has 0 aliphatic carbocycles.